The fraction of sp³-hybridized carbons (Fsp3) is 0. The lowest BCUT2D eigenvalue weighted by atomic mass is 10.1. The first kappa shape index (κ1) is 20.6. The van der Waals surface area contributed by atoms with Crippen molar-refractivity contribution in [3.8, 4) is 21.8 Å². The minimum Gasteiger partial charge on any atom is -0.321 e. The molecule has 0 aliphatic carbocycles. The zero-order valence-corrected chi connectivity index (χ0v) is 17.3. The van der Waals surface area contributed by atoms with Gasteiger partial charge in [-0.3, -0.25) is 14.9 Å². The number of rotatable bonds is 5. The van der Waals surface area contributed by atoms with Crippen molar-refractivity contribution in [1.29, 1.82) is 0 Å². The largest absolute Gasteiger partial charge is 0.321 e. The average molecular weight is 454 g/mol. The summed E-state index contributed by atoms with van der Waals surface area (Å²) in [5, 5.41) is 16.1. The molecule has 6 nitrogen and oxygen atoms in total. The van der Waals surface area contributed by atoms with E-state index >= 15 is 0 Å². The maximum atomic E-state index is 14.1. The molecule has 154 valence electrons. The summed E-state index contributed by atoms with van der Waals surface area (Å²) < 4.78 is 14.1. The van der Waals surface area contributed by atoms with Crippen LogP contribution in [0.5, 0.6) is 0 Å². The number of hydrogen-bond acceptors (Lipinski definition) is 5. The van der Waals surface area contributed by atoms with Gasteiger partial charge in [-0.1, -0.05) is 41.9 Å². The summed E-state index contributed by atoms with van der Waals surface area (Å²) >= 11 is 7.11. The van der Waals surface area contributed by atoms with E-state index in [4.69, 9.17) is 11.6 Å². The molecule has 0 atom stereocenters. The number of nitrogens with zero attached hydrogens (tertiary/aromatic N) is 2. The highest BCUT2D eigenvalue weighted by Gasteiger charge is 2.18. The van der Waals surface area contributed by atoms with E-state index in [1.807, 2.05) is 0 Å². The van der Waals surface area contributed by atoms with E-state index in [0.717, 1.165) is 6.07 Å². The van der Waals surface area contributed by atoms with Crippen LogP contribution in [0.15, 0.2) is 72.1 Å². The molecule has 3 aromatic carbocycles. The molecule has 1 aromatic heterocycles. The van der Waals surface area contributed by atoms with Gasteiger partial charge in [0.15, 0.2) is 0 Å². The first-order valence-electron chi connectivity index (χ1n) is 8.99. The molecule has 0 fully saturated rings. The number of amides is 1. The number of nitro groups is 1. The Bertz CT molecular complexity index is 1310. The zero-order chi connectivity index (χ0) is 22.0. The molecule has 0 unspecified atom stereocenters. The summed E-state index contributed by atoms with van der Waals surface area (Å²) in [5.41, 5.74) is 1.82. The average Bonchev–Trinajstić information content (AvgIpc) is 3.24. The molecule has 4 rings (SSSR count). The van der Waals surface area contributed by atoms with Gasteiger partial charge in [-0.05, 0) is 30.3 Å². The number of carbonyl (C=O) groups is 1. The number of nitrogens with one attached hydrogen (secondary N) is 1. The van der Waals surface area contributed by atoms with Gasteiger partial charge >= 0.3 is 0 Å². The molecule has 0 spiro atoms. The Kier molecular flexibility index (Phi) is 5.75. The van der Waals surface area contributed by atoms with Crippen molar-refractivity contribution in [2.75, 3.05) is 5.32 Å². The Morgan fingerprint density at radius 2 is 1.77 bits per heavy atom. The van der Waals surface area contributed by atoms with Crippen LogP contribution in [0.25, 0.3) is 21.8 Å². The summed E-state index contributed by atoms with van der Waals surface area (Å²) in [7, 11) is 0. The van der Waals surface area contributed by atoms with Crippen LogP contribution in [0.4, 0.5) is 15.8 Å². The normalized spacial score (nSPS) is 10.6. The molecule has 0 aliphatic rings. The molecule has 0 saturated carbocycles. The Balaban J connectivity index is 1.65. The second-order valence-corrected chi connectivity index (χ2v) is 7.71. The lowest BCUT2D eigenvalue weighted by Gasteiger charge is -2.10. The predicted octanol–water partition coefficient (Wildman–Crippen LogP) is 6.43. The van der Waals surface area contributed by atoms with E-state index in [1.165, 1.54) is 29.5 Å². The van der Waals surface area contributed by atoms with E-state index in [-0.39, 0.29) is 22.1 Å². The van der Waals surface area contributed by atoms with Crippen LogP contribution in [0.3, 0.4) is 0 Å². The lowest BCUT2D eigenvalue weighted by molar-refractivity contribution is -0.384. The molecule has 0 bridgehead atoms. The third-order valence-corrected chi connectivity index (χ3v) is 5.66. The fourth-order valence-electron chi connectivity index (χ4n) is 2.96. The Morgan fingerprint density at radius 1 is 1.06 bits per heavy atom. The smallest absolute Gasteiger partial charge is 0.288 e. The van der Waals surface area contributed by atoms with Gasteiger partial charge in [0.1, 0.15) is 15.8 Å². The first-order valence-corrected chi connectivity index (χ1v) is 10.2. The van der Waals surface area contributed by atoms with Crippen molar-refractivity contribution >= 4 is 40.2 Å². The van der Waals surface area contributed by atoms with E-state index in [2.05, 4.69) is 10.3 Å². The number of thiazole rings is 1. The molecular formula is C22H13ClFN3O3S. The number of carbonyl (C=O) groups excluding carboxylic acids is 1. The molecule has 4 aromatic rings. The number of benzene rings is 3. The van der Waals surface area contributed by atoms with Gasteiger partial charge in [0.05, 0.1) is 16.3 Å². The van der Waals surface area contributed by atoms with Gasteiger partial charge in [0.25, 0.3) is 11.6 Å². The maximum Gasteiger partial charge on any atom is 0.288 e. The van der Waals surface area contributed by atoms with E-state index in [0.29, 0.717) is 27.5 Å². The van der Waals surface area contributed by atoms with Crippen LogP contribution in [0.2, 0.25) is 5.02 Å². The molecule has 1 amide bonds. The molecule has 0 radical (unpaired) electrons. The number of aromatic nitrogens is 1. The van der Waals surface area contributed by atoms with Gasteiger partial charge in [0, 0.05) is 28.1 Å². The van der Waals surface area contributed by atoms with Gasteiger partial charge < -0.3 is 5.32 Å². The molecule has 0 saturated heterocycles. The van der Waals surface area contributed by atoms with Crippen molar-refractivity contribution in [3.63, 3.8) is 0 Å². The molecule has 0 aliphatic heterocycles. The summed E-state index contributed by atoms with van der Waals surface area (Å²) in [4.78, 5) is 27.7. The third kappa shape index (κ3) is 4.30. The summed E-state index contributed by atoms with van der Waals surface area (Å²) in [5.74, 6) is -0.897. The van der Waals surface area contributed by atoms with Gasteiger partial charge in [-0.2, -0.15) is 0 Å². The van der Waals surface area contributed by atoms with E-state index in [1.54, 1.807) is 47.8 Å². The first-order chi connectivity index (χ1) is 14.9. The highest BCUT2D eigenvalue weighted by Crippen LogP contribution is 2.34. The SMILES string of the molecule is O=C(Nc1ccccc1-c1csc(-c2ccccc2F)n1)c1ccc(Cl)c([N+](=O)[O-])c1. The predicted molar refractivity (Wildman–Crippen MR) is 119 cm³/mol. The minimum absolute atomic E-state index is 0.0508. The van der Waals surface area contributed by atoms with E-state index < -0.39 is 10.8 Å². The van der Waals surface area contributed by atoms with Gasteiger partial charge in [-0.15, -0.1) is 11.3 Å². The number of nitro benzene ring substituents is 1. The summed E-state index contributed by atoms with van der Waals surface area (Å²) in [6.07, 6.45) is 0. The van der Waals surface area contributed by atoms with Crippen molar-refractivity contribution in [3.05, 3.63) is 98.6 Å². The lowest BCUT2D eigenvalue weighted by Crippen LogP contribution is -2.13. The maximum absolute atomic E-state index is 14.1. The molecule has 31 heavy (non-hydrogen) atoms. The van der Waals surface area contributed by atoms with Crippen LogP contribution in [-0.2, 0) is 0 Å². The zero-order valence-electron chi connectivity index (χ0n) is 15.7. The standard InChI is InChI=1S/C22H13ClFN3O3S/c23-16-10-9-13(11-20(16)27(29)30)21(28)25-18-8-4-2-6-15(18)19-12-31-22(26-19)14-5-1-3-7-17(14)24/h1-12H,(H,25,28). The monoisotopic (exact) mass is 453 g/mol. The molecule has 1 heterocycles. The second kappa shape index (κ2) is 8.63. The summed E-state index contributed by atoms with van der Waals surface area (Å²) in [6.45, 7) is 0. The van der Waals surface area contributed by atoms with Crippen LogP contribution in [0.1, 0.15) is 10.4 Å². The van der Waals surface area contributed by atoms with Gasteiger partial charge in [0.2, 0.25) is 0 Å². The topological polar surface area (TPSA) is 85.1 Å². The Labute approximate surface area is 185 Å². The van der Waals surface area contributed by atoms with Crippen LogP contribution < -0.4 is 5.32 Å². The summed E-state index contributed by atoms with van der Waals surface area (Å²) in [6, 6.07) is 17.2. The van der Waals surface area contributed by atoms with Crippen molar-refractivity contribution in [2.45, 2.75) is 0 Å². The number of para-hydroxylation sites is 1. The van der Waals surface area contributed by atoms with Crippen LogP contribution in [0, 0.1) is 15.9 Å². The second-order valence-electron chi connectivity index (χ2n) is 6.44. The van der Waals surface area contributed by atoms with Crippen LogP contribution in [-0.4, -0.2) is 15.8 Å². The third-order valence-electron chi connectivity index (χ3n) is 4.46. The highest BCUT2D eigenvalue weighted by molar-refractivity contribution is 7.13. The van der Waals surface area contributed by atoms with Crippen LogP contribution >= 0.6 is 22.9 Å². The van der Waals surface area contributed by atoms with Gasteiger partial charge in [-0.25, -0.2) is 9.37 Å². The highest BCUT2D eigenvalue weighted by atomic mass is 35.5. The van der Waals surface area contributed by atoms with Crippen molar-refractivity contribution < 1.29 is 14.1 Å². The fourth-order valence-corrected chi connectivity index (χ4v) is 3.99. The number of hydrogen-bond donors (Lipinski definition) is 1. The Morgan fingerprint density at radius 3 is 2.52 bits per heavy atom. The van der Waals surface area contributed by atoms with Crippen molar-refractivity contribution in [1.82, 2.24) is 4.98 Å². The molecule has 9 heteroatoms. The molecular weight excluding hydrogens is 441 g/mol. The minimum atomic E-state index is -0.646. The number of halogens is 2. The van der Waals surface area contributed by atoms with E-state index in [9.17, 15) is 19.3 Å². The Hall–Kier alpha value is -3.62. The van der Waals surface area contributed by atoms with Crippen molar-refractivity contribution in [2.24, 2.45) is 0 Å². The number of anilines is 1. The quantitative estimate of drug-likeness (QED) is 0.278. The molecule has 1 N–H and O–H groups in total.